The predicted octanol–water partition coefficient (Wildman–Crippen LogP) is 2.04. The van der Waals surface area contributed by atoms with Gasteiger partial charge in [0.2, 0.25) is 0 Å². The summed E-state index contributed by atoms with van der Waals surface area (Å²) in [4.78, 5) is 14.3. The van der Waals surface area contributed by atoms with Crippen LogP contribution in [0.25, 0.3) is 0 Å². The van der Waals surface area contributed by atoms with Gasteiger partial charge in [-0.15, -0.1) is 0 Å². The first kappa shape index (κ1) is 17.4. The number of hydrogen-bond acceptors (Lipinski definition) is 4. The molecule has 18 heavy (non-hydrogen) atoms. The summed E-state index contributed by atoms with van der Waals surface area (Å²) in [5.41, 5.74) is -0.563. The van der Waals surface area contributed by atoms with Gasteiger partial charge in [-0.2, -0.15) is 0 Å². The molecule has 0 aliphatic rings. The van der Waals surface area contributed by atoms with E-state index >= 15 is 0 Å². The van der Waals surface area contributed by atoms with Crippen molar-refractivity contribution in [1.29, 1.82) is 0 Å². The minimum atomic E-state index is -0.563. The maximum atomic E-state index is 11.9. The summed E-state index contributed by atoms with van der Waals surface area (Å²) in [7, 11) is 1.82. The molecule has 0 fully saturated rings. The average molecular weight is 258 g/mol. The first-order chi connectivity index (χ1) is 8.41. The van der Waals surface area contributed by atoms with Gasteiger partial charge in [-0.3, -0.25) is 4.79 Å². The fourth-order valence-corrected chi connectivity index (χ4v) is 2.04. The molecular weight excluding hydrogens is 228 g/mol. The highest BCUT2D eigenvalue weighted by atomic mass is 16.5. The molecule has 0 amide bonds. The van der Waals surface area contributed by atoms with Crippen molar-refractivity contribution in [2.24, 2.45) is 0 Å². The van der Waals surface area contributed by atoms with E-state index in [0.29, 0.717) is 12.6 Å². The molecule has 0 heterocycles. The summed E-state index contributed by atoms with van der Waals surface area (Å²) < 4.78 is 5.11. The highest BCUT2D eigenvalue weighted by Gasteiger charge is 2.32. The molecule has 0 radical (unpaired) electrons. The maximum absolute atomic E-state index is 11.9. The van der Waals surface area contributed by atoms with E-state index in [1.54, 1.807) is 0 Å². The van der Waals surface area contributed by atoms with Gasteiger partial charge in [0.05, 0.1) is 6.61 Å². The molecule has 4 heteroatoms. The van der Waals surface area contributed by atoms with Crippen molar-refractivity contribution in [1.82, 2.24) is 10.2 Å². The van der Waals surface area contributed by atoms with Gasteiger partial charge >= 0.3 is 5.97 Å². The highest BCUT2D eigenvalue weighted by Crippen LogP contribution is 2.15. The molecule has 0 rings (SSSR count). The second-order valence-corrected chi connectivity index (χ2v) is 5.13. The van der Waals surface area contributed by atoms with Crippen molar-refractivity contribution < 1.29 is 9.53 Å². The molecule has 0 saturated carbocycles. The van der Waals surface area contributed by atoms with Crippen LogP contribution in [0.1, 0.15) is 47.5 Å². The van der Waals surface area contributed by atoms with E-state index < -0.39 is 5.54 Å². The Labute approximate surface area is 112 Å². The van der Waals surface area contributed by atoms with Gasteiger partial charge in [0.15, 0.2) is 0 Å². The molecule has 1 N–H and O–H groups in total. The minimum absolute atomic E-state index is 0.153. The zero-order chi connectivity index (χ0) is 14.2. The fourth-order valence-electron chi connectivity index (χ4n) is 2.04. The molecule has 1 unspecified atom stereocenters. The Morgan fingerprint density at radius 1 is 1.39 bits per heavy atom. The van der Waals surface area contributed by atoms with Crippen molar-refractivity contribution in [3.05, 3.63) is 0 Å². The molecular formula is C14H30N2O2. The first-order valence-corrected chi connectivity index (χ1v) is 7.01. The van der Waals surface area contributed by atoms with Gasteiger partial charge in [-0.1, -0.05) is 6.92 Å². The third-order valence-corrected chi connectivity index (χ3v) is 3.54. The molecule has 0 aromatic carbocycles. The molecule has 0 aliphatic heterocycles. The third kappa shape index (κ3) is 5.36. The predicted molar refractivity (Wildman–Crippen MR) is 75.7 cm³/mol. The zero-order valence-electron chi connectivity index (χ0n) is 12.9. The van der Waals surface area contributed by atoms with E-state index in [4.69, 9.17) is 4.74 Å². The lowest BCUT2D eigenvalue weighted by Gasteiger charge is -2.29. The number of carbonyl (C=O) groups excluding carboxylic acids is 1. The van der Waals surface area contributed by atoms with Gasteiger partial charge in [0.25, 0.3) is 0 Å². The van der Waals surface area contributed by atoms with Crippen LogP contribution in [0.5, 0.6) is 0 Å². The molecule has 0 spiro atoms. The number of nitrogens with zero attached hydrogens (tertiary/aromatic N) is 1. The number of likely N-dealkylation sites (N-methyl/N-ethyl adjacent to an activating group) is 1. The number of esters is 1. The summed E-state index contributed by atoms with van der Waals surface area (Å²) in [6.45, 7) is 12.8. The van der Waals surface area contributed by atoms with Gasteiger partial charge in [-0.05, 0) is 60.7 Å². The average Bonchev–Trinajstić information content (AvgIpc) is 2.34. The second-order valence-electron chi connectivity index (χ2n) is 5.13. The Morgan fingerprint density at radius 2 is 2.00 bits per heavy atom. The van der Waals surface area contributed by atoms with E-state index in [9.17, 15) is 4.79 Å². The van der Waals surface area contributed by atoms with Crippen LogP contribution in [-0.2, 0) is 9.53 Å². The van der Waals surface area contributed by atoms with Crippen molar-refractivity contribution >= 4 is 5.97 Å². The number of ether oxygens (including phenoxy) is 1. The standard InChI is InChI=1S/C14H30N2O2/c1-7-16(12(3)4)11-9-10-14(5,15-6)13(17)18-8-2/h12,15H,7-11H2,1-6H3. The molecule has 108 valence electrons. The van der Waals surface area contributed by atoms with E-state index in [0.717, 1.165) is 25.9 Å². The van der Waals surface area contributed by atoms with E-state index in [1.807, 2.05) is 20.9 Å². The quantitative estimate of drug-likeness (QED) is 0.643. The summed E-state index contributed by atoms with van der Waals surface area (Å²) in [5.74, 6) is -0.153. The monoisotopic (exact) mass is 258 g/mol. The molecule has 1 atom stereocenters. The van der Waals surface area contributed by atoms with E-state index in [-0.39, 0.29) is 5.97 Å². The van der Waals surface area contributed by atoms with Crippen molar-refractivity contribution in [3.8, 4) is 0 Å². The lowest BCUT2D eigenvalue weighted by Crippen LogP contribution is -2.49. The van der Waals surface area contributed by atoms with E-state index in [1.165, 1.54) is 0 Å². The SMILES string of the molecule is CCOC(=O)C(C)(CCCN(CC)C(C)C)NC. The third-order valence-electron chi connectivity index (χ3n) is 3.54. The number of carbonyl (C=O) groups is 1. The number of hydrogen-bond donors (Lipinski definition) is 1. The largest absolute Gasteiger partial charge is 0.465 e. The smallest absolute Gasteiger partial charge is 0.326 e. The lowest BCUT2D eigenvalue weighted by molar-refractivity contribution is -0.150. The van der Waals surface area contributed by atoms with Crippen LogP contribution < -0.4 is 5.32 Å². The van der Waals surface area contributed by atoms with Crippen LogP contribution in [0.4, 0.5) is 0 Å². The Morgan fingerprint density at radius 3 is 2.39 bits per heavy atom. The number of rotatable bonds is 9. The summed E-state index contributed by atoms with van der Waals surface area (Å²) in [6, 6.07) is 0.554. The molecule has 4 nitrogen and oxygen atoms in total. The normalized spacial score (nSPS) is 14.9. The van der Waals surface area contributed by atoms with Crippen LogP contribution in [0, 0.1) is 0 Å². The first-order valence-electron chi connectivity index (χ1n) is 7.01. The van der Waals surface area contributed by atoms with Gasteiger partial charge in [0, 0.05) is 6.04 Å². The Kier molecular flexibility index (Phi) is 8.20. The van der Waals surface area contributed by atoms with E-state index in [2.05, 4.69) is 31.0 Å². The lowest BCUT2D eigenvalue weighted by atomic mass is 9.96. The molecule has 0 aromatic rings. The second kappa shape index (κ2) is 8.48. The molecule has 0 aliphatic carbocycles. The van der Waals surface area contributed by atoms with Gasteiger partial charge < -0.3 is 15.0 Å². The van der Waals surface area contributed by atoms with Crippen LogP contribution in [0.2, 0.25) is 0 Å². The topological polar surface area (TPSA) is 41.6 Å². The Balaban J connectivity index is 4.25. The fraction of sp³-hybridized carbons (Fsp3) is 0.929. The molecule has 0 bridgehead atoms. The van der Waals surface area contributed by atoms with Crippen molar-refractivity contribution in [2.45, 2.75) is 59.0 Å². The highest BCUT2D eigenvalue weighted by molar-refractivity contribution is 5.80. The zero-order valence-corrected chi connectivity index (χ0v) is 12.9. The summed E-state index contributed by atoms with van der Waals surface area (Å²) in [5, 5.41) is 3.09. The van der Waals surface area contributed by atoms with Crippen LogP contribution in [0.3, 0.4) is 0 Å². The minimum Gasteiger partial charge on any atom is -0.465 e. The van der Waals surface area contributed by atoms with Crippen molar-refractivity contribution in [2.75, 3.05) is 26.7 Å². The van der Waals surface area contributed by atoms with Gasteiger partial charge in [0.1, 0.15) is 5.54 Å². The summed E-state index contributed by atoms with van der Waals surface area (Å²) in [6.07, 6.45) is 1.79. The Bertz CT molecular complexity index is 244. The van der Waals surface area contributed by atoms with Crippen LogP contribution >= 0.6 is 0 Å². The molecule has 0 saturated heterocycles. The number of nitrogens with one attached hydrogen (secondary N) is 1. The van der Waals surface area contributed by atoms with Crippen LogP contribution in [0.15, 0.2) is 0 Å². The summed E-state index contributed by atoms with van der Waals surface area (Å²) >= 11 is 0. The van der Waals surface area contributed by atoms with Gasteiger partial charge in [-0.25, -0.2) is 0 Å². The van der Waals surface area contributed by atoms with Crippen molar-refractivity contribution in [3.63, 3.8) is 0 Å². The van der Waals surface area contributed by atoms with Crippen LogP contribution in [-0.4, -0.2) is 49.2 Å². The maximum Gasteiger partial charge on any atom is 0.326 e. The Hall–Kier alpha value is -0.610. The molecule has 0 aromatic heterocycles.